The predicted octanol–water partition coefficient (Wildman–Crippen LogP) is 3.55. The number of aliphatic imine (C=N–C) groups is 1. The number of aromatic nitrogens is 1. The van der Waals surface area contributed by atoms with E-state index in [2.05, 4.69) is 40.5 Å². The molecule has 1 fully saturated rings. The molecule has 1 aliphatic heterocycles. The highest BCUT2D eigenvalue weighted by Gasteiger charge is 2.15. The first-order chi connectivity index (χ1) is 12.8. The van der Waals surface area contributed by atoms with Crippen LogP contribution in [0.5, 0.6) is 0 Å². The van der Waals surface area contributed by atoms with Gasteiger partial charge in [-0.25, -0.2) is 4.98 Å². The number of aryl methyl sites for hydroxylation is 1. The summed E-state index contributed by atoms with van der Waals surface area (Å²) >= 11 is 1.80. The number of para-hydroxylation sites is 1. The first kappa shape index (κ1) is 19.1. The molecule has 6 heteroatoms. The summed E-state index contributed by atoms with van der Waals surface area (Å²) in [6, 6.07) is 8.35. The molecule has 0 saturated carbocycles. The third kappa shape index (κ3) is 5.42. The summed E-state index contributed by atoms with van der Waals surface area (Å²) in [7, 11) is 3.99. The third-order valence-electron chi connectivity index (χ3n) is 4.98. The Hall–Kier alpha value is -1.66. The van der Waals surface area contributed by atoms with E-state index >= 15 is 0 Å². The van der Waals surface area contributed by atoms with E-state index < -0.39 is 0 Å². The standard InChI is InChI=1S/C20H30N4OS/c1-21-20(24(2)13-9-16-10-14-25-15-11-16)22-12-5-8-19-23-17-6-3-4-7-18(17)26-19/h3-4,6-7,16H,5,8-15H2,1-2H3,(H,21,22). The second-order valence-electron chi connectivity index (χ2n) is 6.92. The van der Waals surface area contributed by atoms with Crippen molar-refractivity contribution in [1.82, 2.24) is 15.2 Å². The Morgan fingerprint density at radius 3 is 2.92 bits per heavy atom. The molecule has 1 aromatic carbocycles. The van der Waals surface area contributed by atoms with Crippen LogP contribution in [0.3, 0.4) is 0 Å². The fourth-order valence-corrected chi connectivity index (χ4v) is 4.38. The van der Waals surface area contributed by atoms with Gasteiger partial charge in [-0.15, -0.1) is 11.3 Å². The minimum absolute atomic E-state index is 0.795. The van der Waals surface area contributed by atoms with Crippen molar-refractivity contribution < 1.29 is 4.74 Å². The fourth-order valence-electron chi connectivity index (χ4n) is 3.37. The SMILES string of the molecule is CN=C(NCCCc1nc2ccccc2s1)N(C)CCC1CCOCC1. The highest BCUT2D eigenvalue weighted by molar-refractivity contribution is 7.18. The van der Waals surface area contributed by atoms with E-state index in [-0.39, 0.29) is 0 Å². The maximum absolute atomic E-state index is 5.44. The van der Waals surface area contributed by atoms with Crippen LogP contribution in [0.1, 0.15) is 30.7 Å². The zero-order valence-electron chi connectivity index (χ0n) is 15.9. The van der Waals surface area contributed by atoms with Crippen LogP contribution in [-0.2, 0) is 11.2 Å². The molecule has 0 aliphatic carbocycles. The molecule has 5 nitrogen and oxygen atoms in total. The lowest BCUT2D eigenvalue weighted by atomic mass is 9.96. The number of fused-ring (bicyclic) bond motifs is 1. The van der Waals surface area contributed by atoms with Gasteiger partial charge in [0.1, 0.15) is 0 Å². The molecular weight excluding hydrogens is 344 g/mol. The van der Waals surface area contributed by atoms with Crippen molar-refractivity contribution in [2.75, 3.05) is 40.4 Å². The largest absolute Gasteiger partial charge is 0.381 e. The van der Waals surface area contributed by atoms with Gasteiger partial charge in [-0.2, -0.15) is 0 Å². The molecule has 0 amide bonds. The molecule has 2 heterocycles. The highest BCUT2D eigenvalue weighted by Crippen LogP contribution is 2.22. The van der Waals surface area contributed by atoms with Crippen LogP contribution in [-0.4, -0.2) is 56.2 Å². The van der Waals surface area contributed by atoms with Gasteiger partial charge in [0.05, 0.1) is 15.2 Å². The van der Waals surface area contributed by atoms with Gasteiger partial charge in [0.2, 0.25) is 0 Å². The number of guanidine groups is 1. The maximum atomic E-state index is 5.44. The average molecular weight is 375 g/mol. The Morgan fingerprint density at radius 1 is 1.35 bits per heavy atom. The second-order valence-corrected chi connectivity index (χ2v) is 8.03. The molecule has 0 spiro atoms. The molecule has 3 rings (SSSR count). The summed E-state index contributed by atoms with van der Waals surface area (Å²) in [5, 5.41) is 4.71. The van der Waals surface area contributed by atoms with Gasteiger partial charge < -0.3 is 15.0 Å². The van der Waals surface area contributed by atoms with Gasteiger partial charge in [-0.3, -0.25) is 4.99 Å². The molecule has 0 radical (unpaired) electrons. The summed E-state index contributed by atoms with van der Waals surface area (Å²) in [6.45, 7) is 3.81. The van der Waals surface area contributed by atoms with Crippen molar-refractivity contribution >= 4 is 27.5 Å². The van der Waals surface area contributed by atoms with Crippen molar-refractivity contribution in [1.29, 1.82) is 0 Å². The van der Waals surface area contributed by atoms with E-state index in [1.807, 2.05) is 13.1 Å². The molecule has 0 atom stereocenters. The van der Waals surface area contributed by atoms with Crippen molar-refractivity contribution in [2.45, 2.75) is 32.1 Å². The Balaban J connectivity index is 1.37. The molecular formula is C20H30N4OS. The monoisotopic (exact) mass is 374 g/mol. The molecule has 1 aliphatic rings. The predicted molar refractivity (Wildman–Crippen MR) is 110 cm³/mol. The summed E-state index contributed by atoms with van der Waals surface area (Å²) in [6.07, 6.45) is 5.68. The maximum Gasteiger partial charge on any atom is 0.193 e. The van der Waals surface area contributed by atoms with Crippen molar-refractivity contribution in [3.63, 3.8) is 0 Å². The molecule has 26 heavy (non-hydrogen) atoms. The van der Waals surface area contributed by atoms with Crippen LogP contribution in [0, 0.1) is 5.92 Å². The van der Waals surface area contributed by atoms with Crippen LogP contribution in [0.2, 0.25) is 0 Å². The Bertz CT molecular complexity index is 676. The van der Waals surface area contributed by atoms with Crippen molar-refractivity contribution in [3.8, 4) is 0 Å². The highest BCUT2D eigenvalue weighted by atomic mass is 32.1. The minimum Gasteiger partial charge on any atom is -0.381 e. The number of rotatable bonds is 7. The van der Waals surface area contributed by atoms with Crippen LogP contribution >= 0.6 is 11.3 Å². The van der Waals surface area contributed by atoms with Crippen molar-refractivity contribution in [2.24, 2.45) is 10.9 Å². The van der Waals surface area contributed by atoms with Gasteiger partial charge in [0.25, 0.3) is 0 Å². The van der Waals surface area contributed by atoms with Gasteiger partial charge >= 0.3 is 0 Å². The van der Waals surface area contributed by atoms with Crippen LogP contribution < -0.4 is 5.32 Å². The lowest BCUT2D eigenvalue weighted by Gasteiger charge is -2.26. The molecule has 0 unspecified atom stereocenters. The molecule has 2 aromatic rings. The lowest BCUT2D eigenvalue weighted by Crippen LogP contribution is -2.40. The number of hydrogen-bond acceptors (Lipinski definition) is 4. The Labute approximate surface area is 160 Å². The van der Waals surface area contributed by atoms with E-state index in [0.717, 1.165) is 56.5 Å². The molecule has 142 valence electrons. The molecule has 0 bridgehead atoms. The zero-order valence-corrected chi connectivity index (χ0v) is 16.7. The van der Waals surface area contributed by atoms with Gasteiger partial charge in [0, 0.05) is 46.8 Å². The van der Waals surface area contributed by atoms with E-state index in [1.165, 1.54) is 29.0 Å². The summed E-state index contributed by atoms with van der Waals surface area (Å²) in [4.78, 5) is 11.4. The van der Waals surface area contributed by atoms with E-state index in [1.54, 1.807) is 11.3 Å². The number of ether oxygens (including phenoxy) is 1. The zero-order chi connectivity index (χ0) is 18.2. The summed E-state index contributed by atoms with van der Waals surface area (Å²) < 4.78 is 6.72. The number of benzene rings is 1. The van der Waals surface area contributed by atoms with Crippen LogP contribution in [0.15, 0.2) is 29.3 Å². The van der Waals surface area contributed by atoms with E-state index in [9.17, 15) is 0 Å². The second kappa shape index (κ2) is 9.88. The first-order valence-electron chi connectivity index (χ1n) is 9.60. The lowest BCUT2D eigenvalue weighted by molar-refractivity contribution is 0.0625. The number of nitrogens with one attached hydrogen (secondary N) is 1. The number of hydrogen-bond donors (Lipinski definition) is 1. The third-order valence-corrected chi connectivity index (χ3v) is 6.07. The van der Waals surface area contributed by atoms with Crippen molar-refractivity contribution in [3.05, 3.63) is 29.3 Å². The van der Waals surface area contributed by atoms with Crippen LogP contribution in [0.25, 0.3) is 10.2 Å². The quantitative estimate of drug-likeness (QED) is 0.457. The average Bonchev–Trinajstić information content (AvgIpc) is 3.10. The number of nitrogens with zero attached hydrogens (tertiary/aromatic N) is 3. The van der Waals surface area contributed by atoms with E-state index in [4.69, 9.17) is 9.72 Å². The summed E-state index contributed by atoms with van der Waals surface area (Å²) in [5.74, 6) is 1.78. The topological polar surface area (TPSA) is 49.8 Å². The van der Waals surface area contributed by atoms with Gasteiger partial charge in [-0.1, -0.05) is 12.1 Å². The van der Waals surface area contributed by atoms with Gasteiger partial charge in [-0.05, 0) is 43.7 Å². The van der Waals surface area contributed by atoms with Gasteiger partial charge in [0.15, 0.2) is 5.96 Å². The fraction of sp³-hybridized carbons (Fsp3) is 0.600. The summed E-state index contributed by atoms with van der Waals surface area (Å²) in [5.41, 5.74) is 1.11. The Morgan fingerprint density at radius 2 is 2.15 bits per heavy atom. The minimum atomic E-state index is 0.795. The normalized spacial score (nSPS) is 16.2. The first-order valence-corrected chi connectivity index (χ1v) is 10.4. The molecule has 1 N–H and O–H groups in total. The Kier molecular flexibility index (Phi) is 7.26. The smallest absolute Gasteiger partial charge is 0.193 e. The van der Waals surface area contributed by atoms with E-state index in [0.29, 0.717) is 0 Å². The number of thiazole rings is 1. The van der Waals surface area contributed by atoms with Crippen LogP contribution in [0.4, 0.5) is 0 Å². The molecule has 1 saturated heterocycles. The molecule has 1 aromatic heterocycles.